The van der Waals surface area contributed by atoms with E-state index in [0.29, 0.717) is 5.84 Å². The van der Waals surface area contributed by atoms with E-state index in [9.17, 15) is 0 Å². The van der Waals surface area contributed by atoms with Crippen LogP contribution in [0.2, 0.25) is 0 Å². The number of nitrogens with two attached hydrogens (primary N) is 1. The Hall–Kier alpha value is -0.570. The zero-order valence-electron chi connectivity index (χ0n) is 13.1. The summed E-state index contributed by atoms with van der Waals surface area (Å²) in [5.41, 5.74) is 5.46. The van der Waals surface area contributed by atoms with Crippen LogP contribution >= 0.6 is 0 Å². The van der Waals surface area contributed by atoms with Gasteiger partial charge in [-0.25, -0.2) is 0 Å². The Bertz CT molecular complexity index is 236. The maximum Gasteiger partial charge on any atom is 0.0963 e. The summed E-state index contributed by atoms with van der Waals surface area (Å²) in [6.45, 7) is 14.5. The highest BCUT2D eigenvalue weighted by Gasteiger charge is 2.20. The van der Waals surface area contributed by atoms with Gasteiger partial charge in [-0.3, -0.25) is 5.41 Å². The fraction of sp³-hybridized carbons (Fsp3) is 0.933. The van der Waals surface area contributed by atoms with Gasteiger partial charge in [0.15, 0.2) is 0 Å². The number of unbranched alkanes of at least 4 members (excludes halogenated alkanes) is 1. The van der Waals surface area contributed by atoms with Crippen molar-refractivity contribution in [1.29, 1.82) is 5.41 Å². The van der Waals surface area contributed by atoms with E-state index in [1.165, 1.54) is 25.9 Å². The lowest BCUT2D eigenvalue weighted by molar-refractivity contribution is 0.238. The molecule has 0 saturated carbocycles. The normalized spacial score (nSPS) is 13.9. The molecule has 3 heteroatoms. The third-order valence-electron chi connectivity index (χ3n) is 3.97. The van der Waals surface area contributed by atoms with Crippen molar-refractivity contribution in [3.63, 3.8) is 0 Å². The maximum atomic E-state index is 7.54. The number of hydrogen-bond acceptors (Lipinski definition) is 2. The van der Waals surface area contributed by atoms with E-state index >= 15 is 0 Å². The summed E-state index contributed by atoms with van der Waals surface area (Å²) in [6.07, 6.45) is 4.64. The summed E-state index contributed by atoms with van der Waals surface area (Å²) in [7, 11) is 0. The molecule has 0 fully saturated rings. The highest BCUT2D eigenvalue weighted by molar-refractivity contribution is 5.82. The van der Waals surface area contributed by atoms with E-state index in [2.05, 4.69) is 39.5 Å². The van der Waals surface area contributed by atoms with Crippen LogP contribution in [-0.4, -0.2) is 30.4 Å². The molecular formula is C15H33N3. The maximum absolute atomic E-state index is 7.54. The van der Waals surface area contributed by atoms with Gasteiger partial charge in [-0.15, -0.1) is 0 Å². The smallest absolute Gasteiger partial charge is 0.0963 e. The molecule has 3 nitrogen and oxygen atoms in total. The monoisotopic (exact) mass is 255 g/mol. The predicted octanol–water partition coefficient (Wildman–Crippen LogP) is 3.49. The Morgan fingerprint density at radius 1 is 1.28 bits per heavy atom. The van der Waals surface area contributed by atoms with E-state index < -0.39 is 0 Å². The lowest BCUT2D eigenvalue weighted by Crippen LogP contribution is -2.32. The third-order valence-corrected chi connectivity index (χ3v) is 3.97. The highest BCUT2D eigenvalue weighted by Crippen LogP contribution is 2.22. The predicted molar refractivity (Wildman–Crippen MR) is 81.1 cm³/mol. The van der Waals surface area contributed by atoms with Crippen molar-refractivity contribution in [1.82, 2.24) is 4.90 Å². The van der Waals surface area contributed by atoms with E-state index in [1.54, 1.807) is 0 Å². The second-order valence-corrected chi connectivity index (χ2v) is 6.16. The van der Waals surface area contributed by atoms with E-state index in [0.717, 1.165) is 25.3 Å². The molecule has 0 heterocycles. The standard InChI is InChI=1S/C15H33N3/c1-6-13(3)12-18(7-2)11-9-8-10-15(4,5)14(16)17/h13H,6-12H2,1-5H3,(H3,16,17). The first-order valence-electron chi connectivity index (χ1n) is 7.40. The summed E-state index contributed by atoms with van der Waals surface area (Å²) in [6, 6.07) is 0. The molecule has 0 saturated heterocycles. The van der Waals surface area contributed by atoms with Crippen LogP contribution in [0.25, 0.3) is 0 Å². The van der Waals surface area contributed by atoms with Gasteiger partial charge in [-0.1, -0.05) is 47.5 Å². The third kappa shape index (κ3) is 7.00. The molecule has 0 spiro atoms. The molecule has 108 valence electrons. The molecule has 1 atom stereocenters. The van der Waals surface area contributed by atoms with Gasteiger partial charge in [0, 0.05) is 12.0 Å². The Morgan fingerprint density at radius 2 is 1.89 bits per heavy atom. The fourth-order valence-corrected chi connectivity index (χ4v) is 1.99. The quantitative estimate of drug-likeness (QED) is 0.357. The van der Waals surface area contributed by atoms with Gasteiger partial charge in [0.25, 0.3) is 0 Å². The number of nitrogens with zero attached hydrogens (tertiary/aromatic N) is 1. The van der Waals surface area contributed by atoms with Crippen LogP contribution in [-0.2, 0) is 0 Å². The Morgan fingerprint density at radius 3 is 2.33 bits per heavy atom. The molecule has 0 radical (unpaired) electrons. The number of hydrogen-bond donors (Lipinski definition) is 2. The van der Waals surface area contributed by atoms with Crippen LogP contribution < -0.4 is 5.73 Å². The molecule has 0 bridgehead atoms. The molecule has 3 N–H and O–H groups in total. The molecule has 0 aromatic rings. The minimum Gasteiger partial charge on any atom is -0.387 e. The van der Waals surface area contributed by atoms with E-state index in [-0.39, 0.29) is 5.41 Å². The van der Waals surface area contributed by atoms with Gasteiger partial charge >= 0.3 is 0 Å². The van der Waals surface area contributed by atoms with Gasteiger partial charge in [-0.2, -0.15) is 0 Å². The first-order chi connectivity index (χ1) is 8.33. The van der Waals surface area contributed by atoms with E-state index in [4.69, 9.17) is 11.1 Å². The van der Waals surface area contributed by atoms with Crippen molar-refractivity contribution in [3.05, 3.63) is 0 Å². The van der Waals surface area contributed by atoms with Crippen LogP contribution in [0, 0.1) is 16.7 Å². The number of amidine groups is 1. The zero-order valence-corrected chi connectivity index (χ0v) is 13.1. The molecule has 18 heavy (non-hydrogen) atoms. The van der Waals surface area contributed by atoms with Gasteiger partial charge in [0.05, 0.1) is 5.84 Å². The summed E-state index contributed by atoms with van der Waals surface area (Å²) < 4.78 is 0. The lowest BCUT2D eigenvalue weighted by atomic mass is 9.86. The average Bonchev–Trinajstić information content (AvgIpc) is 2.32. The van der Waals surface area contributed by atoms with Crippen molar-refractivity contribution in [2.75, 3.05) is 19.6 Å². The molecule has 0 aromatic carbocycles. The van der Waals surface area contributed by atoms with Crippen molar-refractivity contribution in [3.8, 4) is 0 Å². The molecule has 0 aliphatic carbocycles. The number of nitrogens with one attached hydrogen (secondary N) is 1. The van der Waals surface area contributed by atoms with Gasteiger partial charge in [0.2, 0.25) is 0 Å². The van der Waals surface area contributed by atoms with E-state index in [1.807, 2.05) is 0 Å². The van der Waals surface area contributed by atoms with Gasteiger partial charge in [0.1, 0.15) is 0 Å². The van der Waals surface area contributed by atoms with Crippen LogP contribution in [0.4, 0.5) is 0 Å². The highest BCUT2D eigenvalue weighted by atomic mass is 15.1. The minimum absolute atomic E-state index is 0.131. The Labute approximate surface area is 114 Å². The van der Waals surface area contributed by atoms with Crippen molar-refractivity contribution < 1.29 is 0 Å². The lowest BCUT2D eigenvalue weighted by Gasteiger charge is -2.25. The van der Waals surface area contributed by atoms with Crippen molar-refractivity contribution in [2.45, 2.75) is 60.3 Å². The second-order valence-electron chi connectivity index (χ2n) is 6.16. The molecular weight excluding hydrogens is 222 g/mol. The van der Waals surface area contributed by atoms with Crippen LogP contribution in [0.15, 0.2) is 0 Å². The fourth-order valence-electron chi connectivity index (χ4n) is 1.99. The zero-order chi connectivity index (χ0) is 14.2. The first-order valence-corrected chi connectivity index (χ1v) is 7.40. The summed E-state index contributed by atoms with van der Waals surface area (Å²) in [5, 5.41) is 7.54. The Balaban J connectivity index is 3.84. The summed E-state index contributed by atoms with van der Waals surface area (Å²) in [4.78, 5) is 2.54. The SMILES string of the molecule is CCC(C)CN(CC)CCCCC(C)(C)C(=N)N. The molecule has 1 unspecified atom stereocenters. The van der Waals surface area contributed by atoms with Crippen LogP contribution in [0.5, 0.6) is 0 Å². The molecule has 0 rings (SSSR count). The first kappa shape index (κ1) is 17.4. The average molecular weight is 255 g/mol. The number of rotatable bonds is 10. The summed E-state index contributed by atoms with van der Waals surface area (Å²) >= 11 is 0. The van der Waals surface area contributed by atoms with Crippen molar-refractivity contribution >= 4 is 5.84 Å². The van der Waals surface area contributed by atoms with Crippen molar-refractivity contribution in [2.24, 2.45) is 17.1 Å². The topological polar surface area (TPSA) is 53.1 Å². The van der Waals surface area contributed by atoms with Crippen LogP contribution in [0.3, 0.4) is 0 Å². The minimum atomic E-state index is -0.131. The molecule has 0 amide bonds. The Kier molecular flexibility index (Phi) is 8.25. The second kappa shape index (κ2) is 8.52. The van der Waals surface area contributed by atoms with Gasteiger partial charge in [-0.05, 0) is 31.8 Å². The molecule has 0 aliphatic rings. The molecule has 0 aromatic heterocycles. The van der Waals surface area contributed by atoms with Crippen LogP contribution in [0.1, 0.15) is 60.3 Å². The summed E-state index contributed by atoms with van der Waals surface area (Å²) in [5.74, 6) is 1.10. The molecule has 0 aliphatic heterocycles. The van der Waals surface area contributed by atoms with Gasteiger partial charge < -0.3 is 10.6 Å². The largest absolute Gasteiger partial charge is 0.387 e.